The van der Waals surface area contributed by atoms with Crippen LogP contribution in [0.1, 0.15) is 13.8 Å². The Morgan fingerprint density at radius 1 is 1.13 bits per heavy atom. The highest BCUT2D eigenvalue weighted by molar-refractivity contribution is 7.92. The fourth-order valence-electron chi connectivity index (χ4n) is 1.52. The van der Waals surface area contributed by atoms with E-state index in [4.69, 9.17) is 11.6 Å². The minimum Gasteiger partial charge on any atom is -0.280 e. The van der Waals surface area contributed by atoms with E-state index in [0.717, 1.165) is 36.4 Å². The molecule has 2 aromatic carbocycles. The van der Waals surface area contributed by atoms with Crippen LogP contribution in [0.5, 0.6) is 0 Å². The Labute approximate surface area is 138 Å². The fraction of sp³-hybridized carbons (Fsp3) is 0.143. The monoisotopic (exact) mass is 360 g/mol. The molecule has 0 unspecified atom stereocenters. The zero-order valence-electron chi connectivity index (χ0n) is 12.3. The second-order valence-electron chi connectivity index (χ2n) is 3.99. The Balaban J connectivity index is 0.00000127. The van der Waals surface area contributed by atoms with Gasteiger partial charge in [-0.05, 0) is 30.3 Å². The van der Waals surface area contributed by atoms with Crippen LogP contribution in [-0.2, 0) is 10.0 Å². The summed E-state index contributed by atoms with van der Waals surface area (Å²) in [4.78, 5) is 9.72. The molecule has 0 heterocycles. The highest BCUT2D eigenvalue weighted by atomic mass is 35.5. The van der Waals surface area contributed by atoms with Crippen LogP contribution in [-0.4, -0.2) is 13.3 Å². The molecule has 0 amide bonds. The number of rotatable bonds is 4. The van der Waals surface area contributed by atoms with Crippen molar-refractivity contribution < 1.29 is 17.7 Å². The van der Waals surface area contributed by atoms with Gasteiger partial charge in [0.2, 0.25) is 0 Å². The molecule has 9 heteroatoms. The smallest absolute Gasteiger partial charge is 0.269 e. The van der Waals surface area contributed by atoms with Crippen LogP contribution in [0.25, 0.3) is 0 Å². The van der Waals surface area contributed by atoms with Crippen LogP contribution in [0.3, 0.4) is 0 Å². The van der Waals surface area contributed by atoms with E-state index < -0.39 is 20.8 Å². The zero-order valence-corrected chi connectivity index (χ0v) is 13.9. The summed E-state index contributed by atoms with van der Waals surface area (Å²) in [7, 11) is -3.94. The van der Waals surface area contributed by atoms with Gasteiger partial charge in [0, 0.05) is 12.1 Å². The van der Waals surface area contributed by atoms with E-state index in [0.29, 0.717) is 0 Å². The van der Waals surface area contributed by atoms with Crippen molar-refractivity contribution in [2.24, 2.45) is 0 Å². The lowest BCUT2D eigenvalue weighted by Crippen LogP contribution is -2.13. The molecule has 0 aromatic heterocycles. The normalized spacial score (nSPS) is 10.4. The molecule has 6 nitrogen and oxygen atoms in total. The Bertz CT molecular complexity index is 795. The topological polar surface area (TPSA) is 89.3 Å². The molecule has 0 radical (unpaired) electrons. The third kappa shape index (κ3) is 4.90. The Morgan fingerprint density at radius 2 is 1.70 bits per heavy atom. The maximum Gasteiger partial charge on any atom is 0.269 e. The van der Waals surface area contributed by atoms with Crippen LogP contribution in [0, 0.1) is 15.9 Å². The minimum absolute atomic E-state index is 0.0831. The lowest BCUT2D eigenvalue weighted by atomic mass is 10.3. The van der Waals surface area contributed by atoms with E-state index in [1.807, 2.05) is 13.8 Å². The predicted octanol–water partition coefficient (Wildman–Crippen LogP) is 4.21. The standard InChI is InChI=1S/C12H8ClFN2O4S.C2H6/c13-11-7-8(1-6-12(11)14)15-21(19,20)10-4-2-9(3-5-10)16(17)18;1-2/h1-7,15H;1-2H3. The number of halogens is 2. The number of nitro benzene ring substituents is 1. The van der Waals surface area contributed by atoms with Gasteiger partial charge in [-0.25, -0.2) is 12.8 Å². The highest BCUT2D eigenvalue weighted by Crippen LogP contribution is 2.23. The number of nitro groups is 1. The maximum atomic E-state index is 13.0. The number of anilines is 1. The lowest BCUT2D eigenvalue weighted by molar-refractivity contribution is -0.384. The molecule has 2 aromatic rings. The molecule has 0 aliphatic rings. The van der Waals surface area contributed by atoms with Crippen LogP contribution >= 0.6 is 11.6 Å². The molecule has 0 fully saturated rings. The van der Waals surface area contributed by atoms with E-state index in [9.17, 15) is 22.9 Å². The van der Waals surface area contributed by atoms with Gasteiger partial charge in [-0.1, -0.05) is 25.4 Å². The van der Waals surface area contributed by atoms with Gasteiger partial charge in [0.1, 0.15) is 5.82 Å². The summed E-state index contributed by atoms with van der Waals surface area (Å²) in [5, 5.41) is 10.3. The minimum atomic E-state index is -3.94. The van der Waals surface area contributed by atoms with E-state index in [1.165, 1.54) is 6.07 Å². The van der Waals surface area contributed by atoms with Crippen molar-refractivity contribution in [3.63, 3.8) is 0 Å². The van der Waals surface area contributed by atoms with Crippen molar-refractivity contribution in [1.82, 2.24) is 0 Å². The second-order valence-corrected chi connectivity index (χ2v) is 6.08. The Hall–Kier alpha value is -2.19. The van der Waals surface area contributed by atoms with Crippen molar-refractivity contribution in [1.29, 1.82) is 0 Å². The van der Waals surface area contributed by atoms with E-state index in [2.05, 4.69) is 4.72 Å². The maximum absolute atomic E-state index is 13.0. The number of benzene rings is 2. The third-order valence-corrected chi connectivity index (χ3v) is 4.22. The first-order valence-corrected chi connectivity index (χ1v) is 8.38. The first-order chi connectivity index (χ1) is 10.8. The average Bonchev–Trinajstić information content (AvgIpc) is 2.53. The summed E-state index contributed by atoms with van der Waals surface area (Å²) in [6.45, 7) is 4.00. The van der Waals surface area contributed by atoms with Crippen molar-refractivity contribution in [3.05, 3.63) is 63.4 Å². The Kier molecular flexibility index (Phi) is 6.47. The van der Waals surface area contributed by atoms with Gasteiger partial charge >= 0.3 is 0 Å². The molecule has 0 aliphatic heterocycles. The van der Waals surface area contributed by atoms with Crippen LogP contribution < -0.4 is 4.72 Å². The molecule has 0 aliphatic carbocycles. The first-order valence-electron chi connectivity index (χ1n) is 6.52. The lowest BCUT2D eigenvalue weighted by Gasteiger charge is -2.08. The van der Waals surface area contributed by atoms with Crippen LogP contribution in [0.2, 0.25) is 5.02 Å². The summed E-state index contributed by atoms with van der Waals surface area (Å²) < 4.78 is 39.3. The average molecular weight is 361 g/mol. The van der Waals surface area contributed by atoms with Crippen molar-refractivity contribution in [3.8, 4) is 0 Å². The van der Waals surface area contributed by atoms with Crippen LogP contribution in [0.4, 0.5) is 15.8 Å². The summed E-state index contributed by atoms with van der Waals surface area (Å²) in [6.07, 6.45) is 0. The van der Waals surface area contributed by atoms with E-state index in [1.54, 1.807) is 0 Å². The van der Waals surface area contributed by atoms with Gasteiger partial charge in [-0.3, -0.25) is 14.8 Å². The van der Waals surface area contributed by atoms with Gasteiger partial charge in [-0.15, -0.1) is 0 Å². The summed E-state index contributed by atoms with van der Waals surface area (Å²) in [5.41, 5.74) is -0.140. The molecule has 2 rings (SSSR count). The van der Waals surface area contributed by atoms with Gasteiger partial charge in [-0.2, -0.15) is 0 Å². The molecule has 0 bridgehead atoms. The summed E-state index contributed by atoms with van der Waals surface area (Å²) >= 11 is 5.56. The molecule has 0 atom stereocenters. The van der Waals surface area contributed by atoms with Crippen molar-refractivity contribution in [2.75, 3.05) is 4.72 Å². The third-order valence-electron chi connectivity index (χ3n) is 2.53. The zero-order chi connectivity index (χ0) is 17.6. The molecular formula is C14H14ClFN2O4S. The number of non-ortho nitro benzene ring substituents is 1. The van der Waals surface area contributed by atoms with Crippen molar-refractivity contribution in [2.45, 2.75) is 18.7 Å². The van der Waals surface area contributed by atoms with Gasteiger partial charge < -0.3 is 0 Å². The summed E-state index contributed by atoms with van der Waals surface area (Å²) in [6, 6.07) is 7.72. The highest BCUT2D eigenvalue weighted by Gasteiger charge is 2.16. The number of hydrogen-bond acceptors (Lipinski definition) is 4. The number of nitrogens with one attached hydrogen (secondary N) is 1. The number of sulfonamides is 1. The van der Waals surface area contributed by atoms with Crippen LogP contribution in [0.15, 0.2) is 47.4 Å². The number of nitrogens with zero attached hydrogens (tertiary/aromatic N) is 1. The molecule has 0 saturated heterocycles. The molecule has 0 saturated carbocycles. The predicted molar refractivity (Wildman–Crippen MR) is 86.7 cm³/mol. The SMILES string of the molecule is CC.O=[N+]([O-])c1ccc(S(=O)(=O)Nc2ccc(F)c(Cl)c2)cc1. The fourth-order valence-corrected chi connectivity index (χ4v) is 2.75. The van der Waals surface area contributed by atoms with Crippen molar-refractivity contribution >= 4 is 33.0 Å². The molecule has 23 heavy (non-hydrogen) atoms. The molecule has 1 N–H and O–H groups in total. The van der Waals surface area contributed by atoms with Gasteiger partial charge in [0.05, 0.1) is 20.5 Å². The Morgan fingerprint density at radius 3 is 2.17 bits per heavy atom. The van der Waals surface area contributed by atoms with Gasteiger partial charge in [0.15, 0.2) is 0 Å². The first kappa shape index (κ1) is 18.9. The second kappa shape index (κ2) is 7.89. The van der Waals surface area contributed by atoms with E-state index >= 15 is 0 Å². The molecule has 0 spiro atoms. The van der Waals surface area contributed by atoms with Gasteiger partial charge in [0.25, 0.3) is 15.7 Å². The quantitative estimate of drug-likeness (QED) is 0.653. The molecular weight excluding hydrogens is 347 g/mol. The molecule has 124 valence electrons. The number of hydrogen-bond donors (Lipinski definition) is 1. The van der Waals surface area contributed by atoms with E-state index in [-0.39, 0.29) is 21.3 Å². The summed E-state index contributed by atoms with van der Waals surface area (Å²) in [5.74, 6) is -0.671. The largest absolute Gasteiger partial charge is 0.280 e.